The van der Waals surface area contributed by atoms with E-state index in [2.05, 4.69) is 10.3 Å². The van der Waals surface area contributed by atoms with E-state index in [0.29, 0.717) is 35.6 Å². The van der Waals surface area contributed by atoms with E-state index in [4.69, 9.17) is 5.11 Å². The molecule has 2 N–H and O–H groups in total. The van der Waals surface area contributed by atoms with E-state index < -0.39 is 0 Å². The van der Waals surface area contributed by atoms with Crippen LogP contribution in [0.4, 0.5) is 0 Å². The maximum atomic E-state index is 12.6. The number of carbonyl (C=O) groups excluding carboxylic acids is 1. The van der Waals surface area contributed by atoms with Gasteiger partial charge in [-0.1, -0.05) is 23.9 Å². The van der Waals surface area contributed by atoms with Crippen LogP contribution in [0.25, 0.3) is 10.9 Å². The lowest BCUT2D eigenvalue weighted by Gasteiger charge is -2.12. The van der Waals surface area contributed by atoms with E-state index in [1.165, 1.54) is 16.3 Å². The standard InChI is InChI=1S/C15H19N3O3S/c1-2-16-13(20)10-22-15-17-12-7-4-3-6-11(12)14(21)18(15)8-5-9-19/h3-4,6-7,19H,2,5,8-10H2,1H3,(H,16,20). The van der Waals surface area contributed by atoms with E-state index in [0.717, 1.165) is 0 Å². The number of aliphatic hydroxyl groups is 1. The summed E-state index contributed by atoms with van der Waals surface area (Å²) in [6.07, 6.45) is 0.467. The number of rotatable bonds is 7. The largest absolute Gasteiger partial charge is 0.396 e. The number of thioether (sulfide) groups is 1. The van der Waals surface area contributed by atoms with Gasteiger partial charge in [-0.2, -0.15) is 0 Å². The first-order valence-electron chi connectivity index (χ1n) is 7.17. The zero-order valence-electron chi connectivity index (χ0n) is 12.4. The number of fused-ring (bicyclic) bond motifs is 1. The van der Waals surface area contributed by atoms with Gasteiger partial charge >= 0.3 is 0 Å². The number of hydrogen-bond donors (Lipinski definition) is 2. The number of benzene rings is 1. The Bertz CT molecular complexity index is 715. The highest BCUT2D eigenvalue weighted by Crippen LogP contribution is 2.17. The van der Waals surface area contributed by atoms with Crippen LogP contribution in [0.2, 0.25) is 0 Å². The number of amides is 1. The molecular formula is C15H19N3O3S. The van der Waals surface area contributed by atoms with Gasteiger partial charge in [0.15, 0.2) is 5.16 Å². The molecule has 0 bridgehead atoms. The van der Waals surface area contributed by atoms with Crippen molar-refractivity contribution in [2.75, 3.05) is 18.9 Å². The zero-order chi connectivity index (χ0) is 15.9. The van der Waals surface area contributed by atoms with Gasteiger partial charge in [0.1, 0.15) is 0 Å². The molecule has 0 aliphatic carbocycles. The molecule has 1 aromatic heterocycles. The fourth-order valence-corrected chi connectivity index (χ4v) is 2.92. The van der Waals surface area contributed by atoms with Crippen molar-refractivity contribution in [3.8, 4) is 0 Å². The Morgan fingerprint density at radius 2 is 2.18 bits per heavy atom. The third kappa shape index (κ3) is 3.86. The van der Waals surface area contributed by atoms with E-state index in [9.17, 15) is 9.59 Å². The molecule has 1 heterocycles. The van der Waals surface area contributed by atoms with Gasteiger partial charge in [-0.15, -0.1) is 0 Å². The number of nitrogens with zero attached hydrogens (tertiary/aromatic N) is 2. The summed E-state index contributed by atoms with van der Waals surface area (Å²) in [7, 11) is 0. The second-order valence-corrected chi connectivity index (χ2v) is 5.63. The number of nitrogens with one attached hydrogen (secondary N) is 1. The minimum absolute atomic E-state index is 0.000303. The Balaban J connectivity index is 2.36. The van der Waals surface area contributed by atoms with Gasteiger partial charge in [-0.25, -0.2) is 4.98 Å². The van der Waals surface area contributed by atoms with E-state index in [-0.39, 0.29) is 23.8 Å². The second-order valence-electron chi connectivity index (χ2n) is 4.69. The molecule has 0 aliphatic heterocycles. The molecule has 118 valence electrons. The molecule has 2 aromatic rings. The number of hydrogen-bond acceptors (Lipinski definition) is 5. The number of para-hydroxylation sites is 1. The molecule has 0 spiro atoms. The van der Waals surface area contributed by atoms with Gasteiger partial charge < -0.3 is 10.4 Å². The summed E-state index contributed by atoms with van der Waals surface area (Å²) in [6.45, 7) is 2.81. The summed E-state index contributed by atoms with van der Waals surface area (Å²) >= 11 is 1.23. The Hall–Kier alpha value is -1.86. The molecule has 0 unspecified atom stereocenters. The van der Waals surface area contributed by atoms with Gasteiger partial charge in [0.05, 0.1) is 16.7 Å². The maximum absolute atomic E-state index is 12.6. The highest BCUT2D eigenvalue weighted by molar-refractivity contribution is 7.99. The van der Waals surface area contributed by atoms with Crippen LogP contribution in [0.3, 0.4) is 0 Å². The average molecular weight is 321 g/mol. The van der Waals surface area contributed by atoms with Crippen LogP contribution < -0.4 is 10.9 Å². The fraction of sp³-hybridized carbons (Fsp3) is 0.400. The Morgan fingerprint density at radius 1 is 1.41 bits per heavy atom. The molecule has 0 radical (unpaired) electrons. The molecule has 6 nitrogen and oxygen atoms in total. The second kappa shape index (κ2) is 7.95. The number of aliphatic hydroxyl groups excluding tert-OH is 1. The number of carbonyl (C=O) groups is 1. The van der Waals surface area contributed by atoms with Gasteiger partial charge in [0.25, 0.3) is 5.56 Å². The maximum Gasteiger partial charge on any atom is 0.262 e. The molecule has 1 amide bonds. The predicted molar refractivity (Wildman–Crippen MR) is 87.1 cm³/mol. The van der Waals surface area contributed by atoms with Crippen molar-refractivity contribution in [1.29, 1.82) is 0 Å². The lowest BCUT2D eigenvalue weighted by molar-refractivity contribution is -0.118. The van der Waals surface area contributed by atoms with Crippen LogP contribution >= 0.6 is 11.8 Å². The highest BCUT2D eigenvalue weighted by Gasteiger charge is 2.12. The highest BCUT2D eigenvalue weighted by atomic mass is 32.2. The molecule has 22 heavy (non-hydrogen) atoms. The van der Waals surface area contributed by atoms with Crippen molar-refractivity contribution < 1.29 is 9.90 Å². The SMILES string of the molecule is CCNC(=O)CSc1nc2ccccc2c(=O)n1CCCO. The molecule has 0 aliphatic rings. The summed E-state index contributed by atoms with van der Waals surface area (Å²) in [5.74, 6) is 0.112. The predicted octanol–water partition coefficient (Wildman–Crippen LogP) is 1.01. The topological polar surface area (TPSA) is 84.2 Å². The molecule has 2 rings (SSSR count). The van der Waals surface area contributed by atoms with Crippen LogP contribution in [-0.4, -0.2) is 39.5 Å². The smallest absolute Gasteiger partial charge is 0.262 e. The van der Waals surface area contributed by atoms with Crippen LogP contribution in [0.1, 0.15) is 13.3 Å². The Kier molecular flexibility index (Phi) is 5.97. The van der Waals surface area contributed by atoms with Gasteiger partial charge in [0, 0.05) is 19.7 Å². The van der Waals surface area contributed by atoms with E-state index in [1.54, 1.807) is 18.2 Å². The molecule has 1 aromatic carbocycles. The average Bonchev–Trinajstić information content (AvgIpc) is 2.52. The Labute approximate surface area is 132 Å². The van der Waals surface area contributed by atoms with Crippen molar-refractivity contribution in [3.05, 3.63) is 34.6 Å². The third-order valence-corrected chi connectivity index (χ3v) is 4.05. The van der Waals surface area contributed by atoms with Gasteiger partial charge in [-0.05, 0) is 25.5 Å². The van der Waals surface area contributed by atoms with Gasteiger partial charge in [0.2, 0.25) is 5.91 Å². The van der Waals surface area contributed by atoms with E-state index >= 15 is 0 Å². The van der Waals surface area contributed by atoms with E-state index in [1.807, 2.05) is 13.0 Å². The Morgan fingerprint density at radius 3 is 2.91 bits per heavy atom. The van der Waals surface area contributed by atoms with Crippen molar-refractivity contribution in [2.45, 2.75) is 25.0 Å². The summed E-state index contributed by atoms with van der Waals surface area (Å²) in [5, 5.41) is 12.8. The summed E-state index contributed by atoms with van der Waals surface area (Å²) < 4.78 is 1.53. The molecule has 7 heteroatoms. The molecule has 0 fully saturated rings. The number of aromatic nitrogens is 2. The van der Waals surface area contributed by atoms with Gasteiger partial charge in [-0.3, -0.25) is 14.2 Å². The molecule has 0 saturated carbocycles. The monoisotopic (exact) mass is 321 g/mol. The van der Waals surface area contributed by atoms with Crippen LogP contribution in [0.5, 0.6) is 0 Å². The summed E-state index contributed by atoms with van der Waals surface area (Å²) in [6, 6.07) is 7.13. The summed E-state index contributed by atoms with van der Waals surface area (Å²) in [5.41, 5.74) is 0.476. The zero-order valence-corrected chi connectivity index (χ0v) is 13.2. The normalized spacial score (nSPS) is 10.8. The van der Waals surface area contributed by atoms with Crippen molar-refractivity contribution >= 4 is 28.6 Å². The van der Waals surface area contributed by atoms with Crippen molar-refractivity contribution in [3.63, 3.8) is 0 Å². The summed E-state index contributed by atoms with van der Waals surface area (Å²) in [4.78, 5) is 28.6. The molecular weight excluding hydrogens is 302 g/mol. The quantitative estimate of drug-likeness (QED) is 0.587. The van der Waals surface area contributed by atoms with Crippen LogP contribution in [-0.2, 0) is 11.3 Å². The lowest BCUT2D eigenvalue weighted by atomic mass is 10.2. The first kappa shape index (κ1) is 16.5. The minimum Gasteiger partial charge on any atom is -0.396 e. The third-order valence-electron chi connectivity index (χ3n) is 3.07. The first-order chi connectivity index (χ1) is 10.7. The lowest BCUT2D eigenvalue weighted by Crippen LogP contribution is -2.27. The molecule has 0 atom stereocenters. The van der Waals surface area contributed by atoms with Crippen molar-refractivity contribution in [1.82, 2.24) is 14.9 Å². The minimum atomic E-state index is -0.141. The van der Waals surface area contributed by atoms with Crippen LogP contribution in [0, 0.1) is 0 Å². The van der Waals surface area contributed by atoms with Crippen molar-refractivity contribution in [2.24, 2.45) is 0 Å². The fourth-order valence-electron chi connectivity index (χ4n) is 2.06. The first-order valence-corrected chi connectivity index (χ1v) is 8.16. The molecule has 0 saturated heterocycles. The van der Waals surface area contributed by atoms with Crippen LogP contribution in [0.15, 0.2) is 34.2 Å².